The lowest BCUT2D eigenvalue weighted by Crippen LogP contribution is -2.41. The molecule has 2 rings (SSSR count). The molecule has 1 atom stereocenters. The normalized spacial score (nSPS) is 18.9. The van der Waals surface area contributed by atoms with Crippen molar-refractivity contribution in [1.82, 2.24) is 20.5 Å². The smallest absolute Gasteiger partial charge is 0.191 e. The molecule has 1 aliphatic rings. The van der Waals surface area contributed by atoms with Crippen molar-refractivity contribution in [3.05, 3.63) is 23.9 Å². The van der Waals surface area contributed by atoms with Gasteiger partial charge in [0.2, 0.25) is 0 Å². The number of nitrogens with zero attached hydrogens (tertiary/aromatic N) is 4. The third kappa shape index (κ3) is 6.53. The van der Waals surface area contributed by atoms with Gasteiger partial charge in [0.25, 0.3) is 0 Å². The van der Waals surface area contributed by atoms with Gasteiger partial charge in [0.05, 0.1) is 0 Å². The Hall–Kier alpha value is -1.82. The molecular weight excluding hydrogens is 312 g/mol. The monoisotopic (exact) mass is 346 g/mol. The van der Waals surface area contributed by atoms with Crippen molar-refractivity contribution in [3.63, 3.8) is 0 Å². The second-order valence-electron chi connectivity index (χ2n) is 7.00. The fraction of sp³-hybridized carbons (Fsp3) is 0.684. The number of nitrogens with one attached hydrogen (secondary N) is 2. The highest BCUT2D eigenvalue weighted by Crippen LogP contribution is 2.16. The van der Waals surface area contributed by atoms with Crippen LogP contribution in [0, 0.1) is 0 Å². The van der Waals surface area contributed by atoms with Gasteiger partial charge in [-0.25, -0.2) is 4.98 Å². The lowest BCUT2D eigenvalue weighted by atomic mass is 10.0. The fourth-order valence-corrected chi connectivity index (χ4v) is 3.20. The van der Waals surface area contributed by atoms with Crippen LogP contribution >= 0.6 is 0 Å². The molecule has 0 spiro atoms. The minimum atomic E-state index is 0.740. The SMILES string of the molecule is CN=C(NCCCN1CCCCC1C)NCc1ccnc(N(C)C)c1. The van der Waals surface area contributed by atoms with E-state index in [9.17, 15) is 0 Å². The van der Waals surface area contributed by atoms with Crippen LogP contribution in [0.3, 0.4) is 0 Å². The fourth-order valence-electron chi connectivity index (χ4n) is 3.20. The van der Waals surface area contributed by atoms with Gasteiger partial charge in [0, 0.05) is 53.0 Å². The van der Waals surface area contributed by atoms with Gasteiger partial charge in [0.1, 0.15) is 5.82 Å². The first kappa shape index (κ1) is 19.5. The van der Waals surface area contributed by atoms with Crippen LogP contribution in [0.25, 0.3) is 0 Å². The minimum absolute atomic E-state index is 0.740. The van der Waals surface area contributed by atoms with E-state index in [1.807, 2.05) is 38.3 Å². The Kier molecular flexibility index (Phi) is 7.98. The molecule has 2 N–H and O–H groups in total. The summed E-state index contributed by atoms with van der Waals surface area (Å²) >= 11 is 0. The lowest BCUT2D eigenvalue weighted by molar-refractivity contribution is 0.159. The van der Waals surface area contributed by atoms with Crippen molar-refractivity contribution in [2.24, 2.45) is 4.99 Å². The van der Waals surface area contributed by atoms with E-state index >= 15 is 0 Å². The molecule has 0 amide bonds. The second-order valence-corrected chi connectivity index (χ2v) is 7.00. The highest BCUT2D eigenvalue weighted by Gasteiger charge is 2.17. The molecule has 0 saturated carbocycles. The Morgan fingerprint density at radius 2 is 2.20 bits per heavy atom. The standard InChI is InChI=1S/C19H34N6/c1-16-8-5-6-12-25(16)13-7-10-22-19(20-2)23-15-17-9-11-21-18(14-17)24(3)4/h9,11,14,16H,5-8,10,12-13,15H2,1-4H3,(H2,20,22,23). The Labute approximate surface area is 152 Å². The van der Waals surface area contributed by atoms with E-state index in [0.29, 0.717) is 0 Å². The summed E-state index contributed by atoms with van der Waals surface area (Å²) in [7, 11) is 5.83. The average Bonchev–Trinajstić information content (AvgIpc) is 2.62. The Bertz CT molecular complexity index is 542. The molecule has 1 aromatic rings. The van der Waals surface area contributed by atoms with Crippen LogP contribution in [0.5, 0.6) is 0 Å². The van der Waals surface area contributed by atoms with Crippen molar-refractivity contribution >= 4 is 11.8 Å². The first-order valence-electron chi connectivity index (χ1n) is 9.41. The molecule has 140 valence electrons. The molecule has 2 heterocycles. The van der Waals surface area contributed by atoms with Crippen molar-refractivity contribution in [1.29, 1.82) is 0 Å². The average molecular weight is 347 g/mol. The van der Waals surface area contributed by atoms with Crippen molar-refractivity contribution in [3.8, 4) is 0 Å². The predicted molar refractivity (Wildman–Crippen MR) is 106 cm³/mol. The van der Waals surface area contributed by atoms with Crippen LogP contribution in [0.1, 0.15) is 38.2 Å². The molecule has 6 nitrogen and oxygen atoms in total. The number of rotatable bonds is 7. The second kappa shape index (κ2) is 10.2. The van der Waals surface area contributed by atoms with Crippen LogP contribution < -0.4 is 15.5 Å². The third-order valence-electron chi connectivity index (χ3n) is 4.81. The quantitative estimate of drug-likeness (QED) is 0.450. The van der Waals surface area contributed by atoms with E-state index in [0.717, 1.165) is 37.3 Å². The summed E-state index contributed by atoms with van der Waals surface area (Å²) in [5, 5.41) is 6.80. The maximum absolute atomic E-state index is 4.34. The van der Waals surface area contributed by atoms with Gasteiger partial charge >= 0.3 is 0 Å². The zero-order valence-corrected chi connectivity index (χ0v) is 16.3. The Morgan fingerprint density at radius 3 is 2.92 bits per heavy atom. The van der Waals surface area contributed by atoms with Gasteiger partial charge in [-0.05, 0) is 50.4 Å². The van der Waals surface area contributed by atoms with E-state index in [1.165, 1.54) is 37.9 Å². The van der Waals surface area contributed by atoms with Gasteiger partial charge in [-0.1, -0.05) is 6.42 Å². The van der Waals surface area contributed by atoms with E-state index < -0.39 is 0 Å². The summed E-state index contributed by atoms with van der Waals surface area (Å²) < 4.78 is 0. The summed E-state index contributed by atoms with van der Waals surface area (Å²) in [6.45, 7) is 6.46. The molecule has 0 aliphatic carbocycles. The first-order valence-corrected chi connectivity index (χ1v) is 9.41. The maximum atomic E-state index is 4.34. The number of likely N-dealkylation sites (tertiary alicyclic amines) is 1. The number of aliphatic imine (C=N–C) groups is 1. The van der Waals surface area contributed by atoms with Crippen LogP contribution in [-0.2, 0) is 6.54 Å². The Morgan fingerprint density at radius 1 is 1.36 bits per heavy atom. The van der Waals surface area contributed by atoms with Crippen LogP contribution in [-0.4, -0.2) is 62.7 Å². The van der Waals surface area contributed by atoms with Gasteiger partial charge < -0.3 is 20.4 Å². The van der Waals surface area contributed by atoms with E-state index in [4.69, 9.17) is 0 Å². The van der Waals surface area contributed by atoms with Crippen molar-refractivity contribution in [2.45, 2.75) is 45.2 Å². The molecule has 1 aliphatic heterocycles. The van der Waals surface area contributed by atoms with Gasteiger partial charge in [0.15, 0.2) is 5.96 Å². The number of guanidine groups is 1. The number of hydrogen-bond donors (Lipinski definition) is 2. The molecule has 0 radical (unpaired) electrons. The molecule has 1 saturated heterocycles. The van der Waals surface area contributed by atoms with E-state index in [1.54, 1.807) is 0 Å². The van der Waals surface area contributed by atoms with Crippen LogP contribution in [0.2, 0.25) is 0 Å². The summed E-state index contributed by atoms with van der Waals surface area (Å²) in [6, 6.07) is 4.87. The van der Waals surface area contributed by atoms with Crippen LogP contribution in [0.4, 0.5) is 5.82 Å². The Balaban J connectivity index is 1.69. The number of anilines is 1. The van der Waals surface area contributed by atoms with Crippen LogP contribution in [0.15, 0.2) is 23.3 Å². The topological polar surface area (TPSA) is 55.8 Å². The number of aromatic nitrogens is 1. The molecule has 1 fully saturated rings. The van der Waals surface area contributed by atoms with Crippen molar-refractivity contribution in [2.75, 3.05) is 45.7 Å². The zero-order chi connectivity index (χ0) is 18.1. The van der Waals surface area contributed by atoms with Gasteiger partial charge in [-0.3, -0.25) is 4.99 Å². The number of pyridine rings is 1. The third-order valence-corrected chi connectivity index (χ3v) is 4.81. The molecular formula is C19H34N6. The lowest BCUT2D eigenvalue weighted by Gasteiger charge is -2.33. The minimum Gasteiger partial charge on any atom is -0.363 e. The van der Waals surface area contributed by atoms with Gasteiger partial charge in [-0.15, -0.1) is 0 Å². The molecule has 0 bridgehead atoms. The molecule has 1 aromatic heterocycles. The van der Waals surface area contributed by atoms with Crippen molar-refractivity contribution < 1.29 is 0 Å². The van der Waals surface area contributed by atoms with E-state index in [-0.39, 0.29) is 0 Å². The molecule has 6 heteroatoms. The summed E-state index contributed by atoms with van der Waals surface area (Å²) in [4.78, 5) is 13.3. The number of piperidine rings is 1. The number of hydrogen-bond acceptors (Lipinski definition) is 4. The summed E-state index contributed by atoms with van der Waals surface area (Å²) in [5.74, 6) is 1.83. The molecule has 0 aromatic carbocycles. The highest BCUT2D eigenvalue weighted by atomic mass is 15.2. The highest BCUT2D eigenvalue weighted by molar-refractivity contribution is 5.79. The largest absolute Gasteiger partial charge is 0.363 e. The summed E-state index contributed by atoms with van der Waals surface area (Å²) in [5.41, 5.74) is 1.20. The molecule has 25 heavy (non-hydrogen) atoms. The molecule has 1 unspecified atom stereocenters. The first-order chi connectivity index (χ1) is 12.1. The van der Waals surface area contributed by atoms with E-state index in [2.05, 4.69) is 38.5 Å². The predicted octanol–water partition coefficient (Wildman–Crippen LogP) is 2.08. The maximum Gasteiger partial charge on any atom is 0.191 e. The summed E-state index contributed by atoms with van der Waals surface area (Å²) in [6.07, 6.45) is 7.07. The zero-order valence-electron chi connectivity index (χ0n) is 16.3. The van der Waals surface area contributed by atoms with Gasteiger partial charge in [-0.2, -0.15) is 0 Å².